The molecule has 0 atom stereocenters. The largest absolute Gasteiger partial charge is 0.493 e. The lowest BCUT2D eigenvalue weighted by molar-refractivity contribution is 0.0843. The number of methoxy groups -OCH3 is 1. The summed E-state index contributed by atoms with van der Waals surface area (Å²) >= 11 is 0. The van der Waals surface area contributed by atoms with E-state index in [-0.39, 0.29) is 5.69 Å². The molecule has 0 aliphatic rings. The second kappa shape index (κ2) is 9.36. The molecule has 0 fully saturated rings. The van der Waals surface area contributed by atoms with Crippen LogP contribution in [0.3, 0.4) is 0 Å². The van der Waals surface area contributed by atoms with Crippen molar-refractivity contribution in [2.24, 2.45) is 5.92 Å². The van der Waals surface area contributed by atoms with Gasteiger partial charge in [-0.15, -0.1) is 0 Å². The molecule has 138 valence electrons. The van der Waals surface area contributed by atoms with Crippen LogP contribution < -0.4 is 20.3 Å². The molecule has 8 heteroatoms. The van der Waals surface area contributed by atoms with Gasteiger partial charge in [-0.1, -0.05) is 13.8 Å². The molecule has 1 aromatic carbocycles. The summed E-state index contributed by atoms with van der Waals surface area (Å²) in [7, 11) is 1.50. The average molecular weight is 358 g/mol. The molecule has 0 aliphatic carbocycles. The molecule has 0 spiro atoms. The molecule has 1 heterocycles. The second-order valence-corrected chi connectivity index (χ2v) is 5.90. The Morgan fingerprint density at radius 3 is 2.54 bits per heavy atom. The Bertz CT molecular complexity index is 750. The minimum absolute atomic E-state index is 0.0966. The van der Waals surface area contributed by atoms with Gasteiger partial charge >= 0.3 is 0 Å². The van der Waals surface area contributed by atoms with E-state index in [1.807, 2.05) is 0 Å². The highest BCUT2D eigenvalue weighted by Gasteiger charge is 2.13. The van der Waals surface area contributed by atoms with Crippen LogP contribution >= 0.6 is 0 Å². The van der Waals surface area contributed by atoms with Gasteiger partial charge in [0.15, 0.2) is 11.5 Å². The number of ether oxygens (including phenoxy) is 2. The van der Waals surface area contributed by atoms with Crippen LogP contribution in [0.15, 0.2) is 36.8 Å². The van der Waals surface area contributed by atoms with E-state index in [0.717, 1.165) is 6.42 Å². The van der Waals surface area contributed by atoms with Crippen molar-refractivity contribution in [3.8, 4) is 11.5 Å². The van der Waals surface area contributed by atoms with Crippen LogP contribution in [-0.2, 0) is 0 Å². The van der Waals surface area contributed by atoms with E-state index in [4.69, 9.17) is 9.47 Å². The molecule has 1 aromatic heterocycles. The Labute approximate surface area is 151 Å². The SMILES string of the molecule is COc1cc(C(=O)NNC(=O)c2cnccn2)ccc1OCCC(C)C. The van der Waals surface area contributed by atoms with E-state index < -0.39 is 11.8 Å². The van der Waals surface area contributed by atoms with Crippen molar-refractivity contribution in [2.75, 3.05) is 13.7 Å². The summed E-state index contributed by atoms with van der Waals surface area (Å²) in [4.78, 5) is 31.7. The molecule has 0 unspecified atom stereocenters. The number of hydrogen-bond donors (Lipinski definition) is 2. The van der Waals surface area contributed by atoms with Crippen LogP contribution in [0.25, 0.3) is 0 Å². The highest BCUT2D eigenvalue weighted by atomic mass is 16.5. The third-order valence-corrected chi connectivity index (χ3v) is 3.46. The minimum atomic E-state index is -0.563. The zero-order valence-corrected chi connectivity index (χ0v) is 15.0. The molecule has 2 amide bonds. The zero-order valence-electron chi connectivity index (χ0n) is 15.0. The zero-order chi connectivity index (χ0) is 18.9. The van der Waals surface area contributed by atoms with Crippen molar-refractivity contribution in [1.82, 2.24) is 20.8 Å². The van der Waals surface area contributed by atoms with Gasteiger partial charge in [-0.05, 0) is 30.5 Å². The van der Waals surface area contributed by atoms with Gasteiger partial charge in [0.2, 0.25) is 0 Å². The fourth-order valence-electron chi connectivity index (χ4n) is 2.00. The lowest BCUT2D eigenvalue weighted by atomic mass is 10.1. The van der Waals surface area contributed by atoms with Crippen molar-refractivity contribution < 1.29 is 19.1 Å². The van der Waals surface area contributed by atoms with E-state index in [1.165, 1.54) is 25.7 Å². The van der Waals surface area contributed by atoms with Gasteiger partial charge in [-0.2, -0.15) is 0 Å². The van der Waals surface area contributed by atoms with Crippen LogP contribution in [0.1, 0.15) is 41.1 Å². The fourth-order valence-corrected chi connectivity index (χ4v) is 2.00. The first-order valence-corrected chi connectivity index (χ1v) is 8.18. The molecule has 0 saturated heterocycles. The average Bonchev–Trinajstić information content (AvgIpc) is 2.66. The van der Waals surface area contributed by atoms with Crippen molar-refractivity contribution in [2.45, 2.75) is 20.3 Å². The number of nitrogens with one attached hydrogen (secondary N) is 2. The lowest BCUT2D eigenvalue weighted by Crippen LogP contribution is -2.42. The third-order valence-electron chi connectivity index (χ3n) is 3.46. The first-order valence-electron chi connectivity index (χ1n) is 8.18. The summed E-state index contributed by atoms with van der Waals surface area (Å²) in [6.45, 7) is 4.79. The number of nitrogens with zero attached hydrogens (tertiary/aromatic N) is 2. The maximum Gasteiger partial charge on any atom is 0.289 e. The number of hydrogen-bond acceptors (Lipinski definition) is 6. The van der Waals surface area contributed by atoms with Gasteiger partial charge in [0, 0.05) is 18.0 Å². The standard InChI is InChI=1S/C18H22N4O4/c1-12(2)6-9-26-15-5-4-13(10-16(15)25-3)17(23)21-22-18(24)14-11-19-7-8-20-14/h4-5,7-8,10-12H,6,9H2,1-3H3,(H,21,23)(H,22,24). The molecule has 8 nitrogen and oxygen atoms in total. The molecule has 0 bridgehead atoms. The smallest absolute Gasteiger partial charge is 0.289 e. The molecular weight excluding hydrogens is 336 g/mol. The van der Waals surface area contributed by atoms with E-state index >= 15 is 0 Å². The van der Waals surface area contributed by atoms with E-state index in [2.05, 4.69) is 34.7 Å². The third kappa shape index (κ3) is 5.44. The summed E-state index contributed by atoms with van der Waals surface area (Å²) < 4.78 is 11.0. The molecule has 2 aromatic rings. The normalized spacial score (nSPS) is 10.3. The van der Waals surface area contributed by atoms with Crippen LogP contribution in [0.2, 0.25) is 0 Å². The highest BCUT2D eigenvalue weighted by Crippen LogP contribution is 2.28. The lowest BCUT2D eigenvalue weighted by Gasteiger charge is -2.13. The topological polar surface area (TPSA) is 102 Å². The van der Waals surface area contributed by atoms with Crippen molar-refractivity contribution >= 4 is 11.8 Å². The van der Waals surface area contributed by atoms with Crippen LogP contribution in [-0.4, -0.2) is 35.5 Å². The number of amides is 2. The molecule has 0 aliphatic heterocycles. The molecule has 2 N–H and O–H groups in total. The molecule has 2 rings (SSSR count). The summed E-state index contributed by atoms with van der Waals surface area (Å²) in [6.07, 6.45) is 5.06. The van der Waals surface area contributed by atoms with E-state index in [0.29, 0.717) is 29.6 Å². The monoisotopic (exact) mass is 358 g/mol. The predicted molar refractivity (Wildman–Crippen MR) is 94.9 cm³/mol. The van der Waals surface area contributed by atoms with Gasteiger partial charge < -0.3 is 9.47 Å². The van der Waals surface area contributed by atoms with Crippen molar-refractivity contribution in [3.05, 3.63) is 48.0 Å². The molecule has 26 heavy (non-hydrogen) atoms. The van der Waals surface area contributed by atoms with E-state index in [1.54, 1.807) is 18.2 Å². The molecular formula is C18H22N4O4. The maximum atomic E-state index is 12.2. The van der Waals surface area contributed by atoms with Gasteiger partial charge in [-0.3, -0.25) is 25.4 Å². The first-order chi connectivity index (χ1) is 12.5. The van der Waals surface area contributed by atoms with Crippen molar-refractivity contribution in [3.63, 3.8) is 0 Å². The number of carbonyl (C=O) groups excluding carboxylic acids is 2. The second-order valence-electron chi connectivity index (χ2n) is 5.90. The van der Waals surface area contributed by atoms with Crippen LogP contribution in [0.4, 0.5) is 0 Å². The highest BCUT2D eigenvalue weighted by molar-refractivity contribution is 5.98. The number of hydrazine groups is 1. The van der Waals surface area contributed by atoms with Gasteiger partial charge in [-0.25, -0.2) is 4.98 Å². The van der Waals surface area contributed by atoms with Crippen molar-refractivity contribution in [1.29, 1.82) is 0 Å². The summed E-state index contributed by atoms with van der Waals surface area (Å²) in [5.74, 6) is 0.486. The van der Waals surface area contributed by atoms with E-state index in [9.17, 15) is 9.59 Å². The summed E-state index contributed by atoms with van der Waals surface area (Å²) in [5.41, 5.74) is 5.02. The minimum Gasteiger partial charge on any atom is -0.493 e. The first kappa shape index (κ1) is 19.2. The number of aromatic nitrogens is 2. The number of rotatable bonds is 7. The molecule has 0 saturated carbocycles. The number of benzene rings is 1. The van der Waals surface area contributed by atoms with Gasteiger partial charge in [0.25, 0.3) is 11.8 Å². The Morgan fingerprint density at radius 1 is 1.12 bits per heavy atom. The Hall–Kier alpha value is -3.16. The molecule has 0 radical (unpaired) electrons. The summed E-state index contributed by atoms with van der Waals surface area (Å²) in [6, 6.07) is 4.81. The van der Waals surface area contributed by atoms with Crippen LogP contribution in [0.5, 0.6) is 11.5 Å². The van der Waals surface area contributed by atoms with Gasteiger partial charge in [0.05, 0.1) is 19.9 Å². The Kier molecular flexibility index (Phi) is 6.90. The quantitative estimate of drug-likeness (QED) is 0.734. The fraction of sp³-hybridized carbons (Fsp3) is 0.333. The van der Waals surface area contributed by atoms with Crippen LogP contribution in [0, 0.1) is 5.92 Å². The van der Waals surface area contributed by atoms with Gasteiger partial charge in [0.1, 0.15) is 5.69 Å². The predicted octanol–water partition coefficient (Wildman–Crippen LogP) is 1.98. The maximum absolute atomic E-state index is 12.2. The Balaban J connectivity index is 1.97. The number of carbonyl (C=O) groups is 2. The Morgan fingerprint density at radius 2 is 1.88 bits per heavy atom. The summed E-state index contributed by atoms with van der Waals surface area (Å²) in [5, 5.41) is 0.